The molecule has 4 amide bonds. The van der Waals surface area contributed by atoms with Crippen molar-refractivity contribution in [3.05, 3.63) is 29.8 Å². The zero-order chi connectivity index (χ0) is 19.1. The number of para-hydroxylation sites is 1. The van der Waals surface area contributed by atoms with Gasteiger partial charge < -0.3 is 9.80 Å². The molecule has 1 aromatic rings. The van der Waals surface area contributed by atoms with Crippen molar-refractivity contribution in [2.45, 2.75) is 58.0 Å². The number of rotatable bonds is 3. The Bertz CT molecular complexity index is 778. The fourth-order valence-electron chi connectivity index (χ4n) is 5.01. The molecule has 3 unspecified atom stereocenters. The number of hydrogen-bond donors (Lipinski definition) is 0. The number of hydrogen-bond acceptors (Lipinski definition) is 3. The van der Waals surface area contributed by atoms with Crippen LogP contribution in [0.3, 0.4) is 0 Å². The molecule has 0 N–H and O–H groups in total. The molecule has 144 valence electrons. The summed E-state index contributed by atoms with van der Waals surface area (Å²) in [5.41, 5.74) is 2.12. The topological polar surface area (TPSA) is 60.9 Å². The second kappa shape index (κ2) is 6.98. The minimum atomic E-state index is -0.306. The van der Waals surface area contributed by atoms with Crippen LogP contribution in [0.1, 0.15) is 45.1 Å². The second-order valence-corrected chi connectivity index (χ2v) is 7.90. The van der Waals surface area contributed by atoms with Crippen molar-refractivity contribution in [3.63, 3.8) is 0 Å². The van der Waals surface area contributed by atoms with Crippen molar-refractivity contribution in [2.24, 2.45) is 5.92 Å². The normalized spacial score (nSPS) is 27.6. The van der Waals surface area contributed by atoms with Crippen molar-refractivity contribution in [1.29, 1.82) is 0 Å². The lowest BCUT2D eigenvalue weighted by atomic mass is 9.81. The summed E-state index contributed by atoms with van der Waals surface area (Å²) >= 11 is 0. The molecule has 4 rings (SSSR count). The number of urea groups is 1. The van der Waals surface area contributed by atoms with E-state index in [9.17, 15) is 14.4 Å². The Morgan fingerprint density at radius 1 is 1.15 bits per heavy atom. The fraction of sp³-hybridized carbons (Fsp3) is 0.571. The third kappa shape index (κ3) is 2.91. The minimum Gasteiger partial charge on any atom is -0.311 e. The van der Waals surface area contributed by atoms with Gasteiger partial charge in [0.2, 0.25) is 11.8 Å². The van der Waals surface area contributed by atoms with Crippen molar-refractivity contribution in [2.75, 3.05) is 18.0 Å². The summed E-state index contributed by atoms with van der Waals surface area (Å²) in [5.74, 6) is -0.279. The minimum absolute atomic E-state index is 0.0441. The van der Waals surface area contributed by atoms with Crippen LogP contribution in [-0.2, 0) is 16.0 Å². The standard InChI is InChI=1S/C21H27N3O3/c1-3-22-20(26)16-9-5-7-11-18(16)23(21(22)27)13-19(25)24-14(2)12-15-8-4-6-10-17(15)24/h4,6,8,10,14,16,18H,3,5,7,9,11-13H2,1-2H3. The first kappa shape index (κ1) is 18.0. The summed E-state index contributed by atoms with van der Waals surface area (Å²) in [7, 11) is 0. The van der Waals surface area contributed by atoms with E-state index >= 15 is 0 Å². The molecule has 2 heterocycles. The molecule has 27 heavy (non-hydrogen) atoms. The second-order valence-electron chi connectivity index (χ2n) is 7.90. The van der Waals surface area contributed by atoms with Gasteiger partial charge in [-0.2, -0.15) is 0 Å². The van der Waals surface area contributed by atoms with E-state index in [-0.39, 0.29) is 42.4 Å². The molecular weight excluding hydrogens is 342 g/mol. The highest BCUT2D eigenvalue weighted by Crippen LogP contribution is 2.36. The first-order valence-electron chi connectivity index (χ1n) is 10.0. The molecule has 3 aliphatic rings. The quantitative estimate of drug-likeness (QED) is 0.823. The number of anilines is 1. The third-order valence-corrected chi connectivity index (χ3v) is 6.29. The number of fused-ring (bicyclic) bond motifs is 2. The van der Waals surface area contributed by atoms with Gasteiger partial charge in [-0.1, -0.05) is 31.0 Å². The molecule has 0 spiro atoms. The van der Waals surface area contributed by atoms with E-state index in [1.54, 1.807) is 4.90 Å². The predicted molar refractivity (Wildman–Crippen MR) is 102 cm³/mol. The smallest absolute Gasteiger partial charge is 0.311 e. The zero-order valence-electron chi connectivity index (χ0n) is 16.1. The summed E-state index contributed by atoms with van der Waals surface area (Å²) in [4.78, 5) is 43.7. The van der Waals surface area contributed by atoms with Gasteiger partial charge in [0.1, 0.15) is 6.54 Å². The zero-order valence-corrected chi connectivity index (χ0v) is 16.1. The highest BCUT2D eigenvalue weighted by molar-refractivity contribution is 6.03. The van der Waals surface area contributed by atoms with Crippen molar-refractivity contribution in [1.82, 2.24) is 9.80 Å². The highest BCUT2D eigenvalue weighted by Gasteiger charge is 2.47. The van der Waals surface area contributed by atoms with E-state index in [0.29, 0.717) is 6.54 Å². The number of benzene rings is 1. The summed E-state index contributed by atoms with van der Waals surface area (Å²) in [6.07, 6.45) is 4.46. The lowest BCUT2D eigenvalue weighted by Gasteiger charge is -2.46. The van der Waals surface area contributed by atoms with Crippen LogP contribution in [-0.4, -0.2) is 52.8 Å². The largest absolute Gasteiger partial charge is 0.327 e. The number of carbonyl (C=O) groups is 3. The SMILES string of the molecule is CCN1C(=O)C2CCCCC2N(CC(=O)N2c3ccccc3CC2C)C1=O. The first-order chi connectivity index (χ1) is 13.0. The maximum Gasteiger partial charge on any atom is 0.327 e. The summed E-state index contributed by atoms with van der Waals surface area (Å²) in [6.45, 7) is 4.26. The summed E-state index contributed by atoms with van der Waals surface area (Å²) in [5, 5.41) is 0. The average molecular weight is 369 g/mol. The van der Waals surface area contributed by atoms with Gasteiger partial charge in [0.05, 0.1) is 5.92 Å². The number of imide groups is 1. The van der Waals surface area contributed by atoms with Crippen LogP contribution in [0.4, 0.5) is 10.5 Å². The lowest BCUT2D eigenvalue weighted by molar-refractivity contribution is -0.141. The van der Waals surface area contributed by atoms with E-state index in [1.165, 1.54) is 10.5 Å². The Kier molecular flexibility index (Phi) is 4.66. The molecule has 3 atom stereocenters. The molecule has 0 bridgehead atoms. The van der Waals surface area contributed by atoms with Crippen molar-refractivity contribution >= 4 is 23.5 Å². The van der Waals surface area contributed by atoms with Crippen molar-refractivity contribution < 1.29 is 14.4 Å². The molecule has 2 aliphatic heterocycles. The van der Waals surface area contributed by atoms with E-state index in [4.69, 9.17) is 0 Å². The molecule has 2 fully saturated rings. The third-order valence-electron chi connectivity index (χ3n) is 6.29. The maximum absolute atomic E-state index is 13.2. The molecule has 1 aromatic carbocycles. The lowest BCUT2D eigenvalue weighted by Crippen LogP contribution is -2.64. The monoisotopic (exact) mass is 369 g/mol. The van der Waals surface area contributed by atoms with Gasteiger partial charge in [0.25, 0.3) is 0 Å². The molecule has 1 saturated heterocycles. The molecular formula is C21H27N3O3. The molecule has 0 aromatic heterocycles. The molecule has 1 aliphatic carbocycles. The van der Waals surface area contributed by atoms with Gasteiger partial charge in [-0.25, -0.2) is 4.79 Å². The molecule has 0 radical (unpaired) electrons. The van der Waals surface area contributed by atoms with Gasteiger partial charge in [-0.05, 0) is 44.7 Å². The van der Waals surface area contributed by atoms with Crippen LogP contribution in [0, 0.1) is 5.92 Å². The van der Waals surface area contributed by atoms with Crippen LogP contribution < -0.4 is 4.90 Å². The van der Waals surface area contributed by atoms with E-state index in [1.807, 2.05) is 36.9 Å². The Hall–Kier alpha value is -2.37. The van der Waals surface area contributed by atoms with E-state index in [2.05, 4.69) is 6.07 Å². The predicted octanol–water partition coefficient (Wildman–Crippen LogP) is 2.81. The number of amides is 4. The Morgan fingerprint density at radius 2 is 1.89 bits per heavy atom. The molecule has 6 heteroatoms. The van der Waals surface area contributed by atoms with Crippen LogP contribution in [0.2, 0.25) is 0 Å². The Balaban J connectivity index is 1.59. The first-order valence-corrected chi connectivity index (χ1v) is 10.0. The number of carbonyl (C=O) groups excluding carboxylic acids is 3. The van der Waals surface area contributed by atoms with Crippen LogP contribution in [0.15, 0.2) is 24.3 Å². The summed E-state index contributed by atoms with van der Waals surface area (Å²) in [6, 6.07) is 7.60. The van der Waals surface area contributed by atoms with E-state index < -0.39 is 0 Å². The molecule has 6 nitrogen and oxygen atoms in total. The highest BCUT2D eigenvalue weighted by atomic mass is 16.2. The molecule has 1 saturated carbocycles. The maximum atomic E-state index is 13.2. The van der Waals surface area contributed by atoms with Crippen LogP contribution in [0.25, 0.3) is 0 Å². The van der Waals surface area contributed by atoms with Crippen LogP contribution in [0.5, 0.6) is 0 Å². The van der Waals surface area contributed by atoms with Crippen LogP contribution >= 0.6 is 0 Å². The van der Waals surface area contributed by atoms with Gasteiger partial charge in [0.15, 0.2) is 0 Å². The summed E-state index contributed by atoms with van der Waals surface area (Å²) < 4.78 is 0. The van der Waals surface area contributed by atoms with E-state index in [0.717, 1.165) is 37.8 Å². The van der Waals surface area contributed by atoms with Gasteiger partial charge in [0, 0.05) is 24.3 Å². The Morgan fingerprint density at radius 3 is 2.67 bits per heavy atom. The number of nitrogens with zero attached hydrogens (tertiary/aromatic N) is 3. The average Bonchev–Trinajstić information content (AvgIpc) is 3.01. The van der Waals surface area contributed by atoms with Gasteiger partial charge in [-0.3, -0.25) is 14.5 Å². The Labute approximate surface area is 160 Å². The van der Waals surface area contributed by atoms with Gasteiger partial charge in [-0.15, -0.1) is 0 Å². The van der Waals surface area contributed by atoms with Gasteiger partial charge >= 0.3 is 6.03 Å². The van der Waals surface area contributed by atoms with Crippen molar-refractivity contribution in [3.8, 4) is 0 Å². The fourth-order valence-corrected chi connectivity index (χ4v) is 5.01.